The molecule has 2 aliphatic heterocycles. The molecular formula is C18H25ClN2O3. The second-order valence-electron chi connectivity index (χ2n) is 6.97. The molecule has 1 amide bonds. The Hall–Kier alpha value is -1.30. The van der Waals surface area contributed by atoms with Crippen molar-refractivity contribution in [2.45, 2.75) is 18.4 Å². The molecule has 0 bridgehead atoms. The molecule has 0 N–H and O–H groups in total. The molecule has 0 aromatic heterocycles. The minimum absolute atomic E-state index is 0.0215. The number of likely N-dealkylation sites (N-methyl/N-ethyl adjacent to an activating group) is 1. The van der Waals surface area contributed by atoms with Gasteiger partial charge in [-0.3, -0.25) is 9.69 Å². The number of ether oxygens (including phenoxy) is 2. The fraction of sp³-hybridized carbons (Fsp3) is 0.611. The molecule has 6 heteroatoms. The summed E-state index contributed by atoms with van der Waals surface area (Å²) in [5.74, 6) is 1.20. The van der Waals surface area contributed by atoms with Gasteiger partial charge in [0, 0.05) is 26.8 Å². The summed E-state index contributed by atoms with van der Waals surface area (Å²) >= 11 is 6.21. The van der Waals surface area contributed by atoms with Gasteiger partial charge in [-0.15, -0.1) is 0 Å². The van der Waals surface area contributed by atoms with Crippen molar-refractivity contribution in [1.82, 2.24) is 9.80 Å². The number of amides is 1. The van der Waals surface area contributed by atoms with Gasteiger partial charge in [0.05, 0.1) is 23.2 Å². The van der Waals surface area contributed by atoms with Gasteiger partial charge < -0.3 is 14.4 Å². The van der Waals surface area contributed by atoms with Crippen molar-refractivity contribution < 1.29 is 14.3 Å². The summed E-state index contributed by atoms with van der Waals surface area (Å²) in [5, 5.41) is 0.469. The Kier molecular flexibility index (Phi) is 5.04. The Morgan fingerprint density at radius 2 is 2.12 bits per heavy atom. The van der Waals surface area contributed by atoms with E-state index in [2.05, 4.69) is 11.9 Å². The fourth-order valence-corrected chi connectivity index (χ4v) is 4.13. The minimum Gasteiger partial charge on any atom is -0.497 e. The van der Waals surface area contributed by atoms with Crippen LogP contribution in [0.15, 0.2) is 18.2 Å². The average Bonchev–Trinajstić information content (AvgIpc) is 2.54. The number of likely N-dealkylation sites (tertiary alicyclic amines) is 2. The van der Waals surface area contributed by atoms with Gasteiger partial charge in [-0.1, -0.05) is 11.6 Å². The lowest BCUT2D eigenvalue weighted by molar-refractivity contribution is -0.0731. The molecule has 5 nitrogen and oxygen atoms in total. The van der Waals surface area contributed by atoms with Gasteiger partial charge in [-0.25, -0.2) is 0 Å². The zero-order valence-electron chi connectivity index (χ0n) is 14.5. The number of hydrogen-bond acceptors (Lipinski definition) is 4. The van der Waals surface area contributed by atoms with E-state index in [4.69, 9.17) is 21.1 Å². The van der Waals surface area contributed by atoms with E-state index in [1.54, 1.807) is 32.4 Å². The first-order valence-corrected chi connectivity index (χ1v) is 8.70. The summed E-state index contributed by atoms with van der Waals surface area (Å²) in [6.45, 7) is 3.34. The lowest BCUT2D eigenvalue weighted by atomic mass is 9.75. The molecule has 132 valence electrons. The van der Waals surface area contributed by atoms with E-state index < -0.39 is 0 Å². The van der Waals surface area contributed by atoms with Gasteiger partial charge in [0.2, 0.25) is 0 Å². The number of rotatable bonds is 4. The van der Waals surface area contributed by atoms with Crippen molar-refractivity contribution in [3.63, 3.8) is 0 Å². The third-order valence-corrected chi connectivity index (χ3v) is 5.74. The third kappa shape index (κ3) is 3.13. The standard InChI is InChI=1S/C18H25ClN2O3/c1-20-7-6-13(10-23-2)9-18(20)11-21(12-18)17(22)15-8-14(24-3)4-5-16(15)19/h4-5,8,13H,6-7,9-12H2,1-3H3. The van der Waals surface area contributed by atoms with Crippen LogP contribution >= 0.6 is 11.6 Å². The number of methoxy groups -OCH3 is 2. The van der Waals surface area contributed by atoms with Crippen molar-refractivity contribution in [3.05, 3.63) is 28.8 Å². The number of nitrogens with zero attached hydrogens (tertiary/aromatic N) is 2. The first-order chi connectivity index (χ1) is 11.5. The van der Waals surface area contributed by atoms with E-state index in [1.807, 2.05) is 4.90 Å². The van der Waals surface area contributed by atoms with Crippen molar-refractivity contribution in [2.24, 2.45) is 5.92 Å². The molecule has 0 saturated carbocycles. The Morgan fingerprint density at radius 3 is 2.79 bits per heavy atom. The quantitative estimate of drug-likeness (QED) is 0.835. The molecule has 2 aliphatic rings. The SMILES string of the molecule is COCC1CCN(C)C2(C1)CN(C(=O)c1cc(OC)ccc1Cl)C2. The zero-order chi connectivity index (χ0) is 17.3. The number of carbonyl (C=O) groups is 1. The maximum atomic E-state index is 12.8. The summed E-state index contributed by atoms with van der Waals surface area (Å²) < 4.78 is 10.5. The predicted molar refractivity (Wildman–Crippen MR) is 93.9 cm³/mol. The summed E-state index contributed by atoms with van der Waals surface area (Å²) in [5.41, 5.74) is 0.598. The highest BCUT2D eigenvalue weighted by molar-refractivity contribution is 6.33. The zero-order valence-corrected chi connectivity index (χ0v) is 15.3. The van der Waals surface area contributed by atoms with Gasteiger partial charge in [-0.05, 0) is 50.6 Å². The highest BCUT2D eigenvalue weighted by atomic mass is 35.5. The van der Waals surface area contributed by atoms with Crippen molar-refractivity contribution in [3.8, 4) is 5.75 Å². The Labute approximate surface area is 148 Å². The number of benzene rings is 1. The van der Waals surface area contributed by atoms with E-state index in [1.165, 1.54) is 0 Å². The molecule has 3 rings (SSSR count). The Morgan fingerprint density at radius 1 is 1.38 bits per heavy atom. The molecular weight excluding hydrogens is 328 g/mol. The van der Waals surface area contributed by atoms with E-state index in [9.17, 15) is 4.79 Å². The van der Waals surface area contributed by atoms with Crippen LogP contribution in [0, 0.1) is 5.92 Å². The fourth-order valence-electron chi connectivity index (χ4n) is 3.93. The van der Waals surface area contributed by atoms with Crippen molar-refractivity contribution in [1.29, 1.82) is 0 Å². The topological polar surface area (TPSA) is 42.0 Å². The molecule has 24 heavy (non-hydrogen) atoms. The molecule has 1 atom stereocenters. The van der Waals surface area contributed by atoms with Crippen LogP contribution in [0.3, 0.4) is 0 Å². The molecule has 1 aromatic carbocycles. The molecule has 2 saturated heterocycles. The number of carbonyl (C=O) groups excluding carboxylic acids is 1. The summed E-state index contributed by atoms with van der Waals surface area (Å²) in [6, 6.07) is 5.19. The van der Waals surface area contributed by atoms with E-state index in [0.717, 1.165) is 39.1 Å². The van der Waals surface area contributed by atoms with Crippen LogP contribution in [0.5, 0.6) is 5.75 Å². The minimum atomic E-state index is -0.0215. The van der Waals surface area contributed by atoms with Crippen LogP contribution in [0.4, 0.5) is 0 Å². The van der Waals surface area contributed by atoms with Crippen LogP contribution < -0.4 is 4.74 Å². The van der Waals surface area contributed by atoms with Crippen LogP contribution in [0.1, 0.15) is 23.2 Å². The normalized spacial score (nSPS) is 23.2. The molecule has 1 unspecified atom stereocenters. The Balaban J connectivity index is 1.70. The number of piperidine rings is 1. The monoisotopic (exact) mass is 352 g/mol. The van der Waals surface area contributed by atoms with Gasteiger partial charge >= 0.3 is 0 Å². The molecule has 0 aliphatic carbocycles. The second-order valence-corrected chi connectivity index (χ2v) is 7.37. The van der Waals surface area contributed by atoms with Gasteiger partial charge in [0.1, 0.15) is 5.75 Å². The van der Waals surface area contributed by atoms with Crippen molar-refractivity contribution in [2.75, 3.05) is 47.5 Å². The molecule has 2 fully saturated rings. The van der Waals surface area contributed by atoms with Crippen LogP contribution in [0.2, 0.25) is 5.02 Å². The first kappa shape index (κ1) is 17.5. The molecule has 0 radical (unpaired) electrons. The van der Waals surface area contributed by atoms with Gasteiger partial charge in [-0.2, -0.15) is 0 Å². The van der Waals surface area contributed by atoms with Gasteiger partial charge in [0.25, 0.3) is 5.91 Å². The molecule has 2 heterocycles. The van der Waals surface area contributed by atoms with E-state index in [0.29, 0.717) is 22.3 Å². The highest BCUT2D eigenvalue weighted by Crippen LogP contribution is 2.39. The maximum Gasteiger partial charge on any atom is 0.255 e. The smallest absolute Gasteiger partial charge is 0.255 e. The largest absolute Gasteiger partial charge is 0.497 e. The molecule has 1 aromatic rings. The molecule has 1 spiro atoms. The van der Waals surface area contributed by atoms with E-state index in [-0.39, 0.29) is 11.4 Å². The highest BCUT2D eigenvalue weighted by Gasteiger charge is 2.51. The van der Waals surface area contributed by atoms with Gasteiger partial charge in [0.15, 0.2) is 0 Å². The van der Waals surface area contributed by atoms with E-state index >= 15 is 0 Å². The first-order valence-electron chi connectivity index (χ1n) is 8.32. The lowest BCUT2D eigenvalue weighted by Gasteiger charge is -2.58. The summed E-state index contributed by atoms with van der Waals surface area (Å²) in [4.78, 5) is 17.1. The van der Waals surface area contributed by atoms with Crippen LogP contribution in [-0.2, 0) is 4.74 Å². The summed E-state index contributed by atoms with van der Waals surface area (Å²) in [6.07, 6.45) is 2.23. The maximum absolute atomic E-state index is 12.8. The number of halogens is 1. The third-order valence-electron chi connectivity index (χ3n) is 5.42. The predicted octanol–water partition coefficient (Wildman–Crippen LogP) is 2.53. The van der Waals surface area contributed by atoms with Crippen LogP contribution in [0.25, 0.3) is 0 Å². The second kappa shape index (κ2) is 6.90. The number of hydrogen-bond donors (Lipinski definition) is 0. The lowest BCUT2D eigenvalue weighted by Crippen LogP contribution is -2.72. The average molecular weight is 353 g/mol. The Bertz CT molecular complexity index is 616. The van der Waals surface area contributed by atoms with Crippen molar-refractivity contribution >= 4 is 17.5 Å². The van der Waals surface area contributed by atoms with Crippen LogP contribution in [-0.4, -0.2) is 68.8 Å². The summed E-state index contributed by atoms with van der Waals surface area (Å²) in [7, 11) is 5.50.